The molecule has 0 saturated heterocycles. The summed E-state index contributed by atoms with van der Waals surface area (Å²) < 4.78 is 0.188. The average Bonchev–Trinajstić information content (AvgIpc) is 2.26. The summed E-state index contributed by atoms with van der Waals surface area (Å²) in [5.41, 5.74) is 0.720. The number of hydrogen-bond acceptors (Lipinski definition) is 2. The number of aliphatic imine (C=N–C) groups is 1. The van der Waals surface area contributed by atoms with Gasteiger partial charge in [0.05, 0.1) is 0 Å². The van der Waals surface area contributed by atoms with Gasteiger partial charge in [-0.25, -0.2) is 0 Å². The molecule has 0 aliphatic carbocycles. The van der Waals surface area contributed by atoms with Crippen LogP contribution in [0.15, 0.2) is 34.8 Å². The third-order valence-electron chi connectivity index (χ3n) is 2.08. The van der Waals surface area contributed by atoms with Gasteiger partial charge in [-0.05, 0) is 0 Å². The zero-order chi connectivity index (χ0) is 12.4. The predicted molar refractivity (Wildman–Crippen MR) is 65.8 cm³/mol. The van der Waals surface area contributed by atoms with Crippen LogP contribution in [-0.2, 0) is 9.59 Å². The Labute approximate surface area is 111 Å². The van der Waals surface area contributed by atoms with Crippen LogP contribution in [0.2, 0.25) is 5.02 Å². The van der Waals surface area contributed by atoms with E-state index in [1.165, 1.54) is 6.08 Å². The van der Waals surface area contributed by atoms with E-state index in [9.17, 15) is 9.59 Å². The molecule has 17 heavy (non-hydrogen) atoms. The van der Waals surface area contributed by atoms with Crippen molar-refractivity contribution >= 4 is 50.2 Å². The molecule has 0 aromatic heterocycles. The minimum absolute atomic E-state index is 0.00585. The van der Waals surface area contributed by atoms with Crippen molar-refractivity contribution in [1.29, 1.82) is 0 Å². The molecule has 1 radical (unpaired) electrons. The van der Waals surface area contributed by atoms with Crippen LogP contribution in [0.5, 0.6) is 0 Å². The van der Waals surface area contributed by atoms with E-state index < -0.39 is 11.8 Å². The fourth-order valence-corrected chi connectivity index (χ4v) is 1.79. The van der Waals surface area contributed by atoms with E-state index >= 15 is 0 Å². The molecule has 4 nitrogen and oxygen atoms in total. The molecule has 1 aromatic carbocycles. The summed E-state index contributed by atoms with van der Waals surface area (Å²) in [5, 5.41) is 3.02. The Morgan fingerprint density at radius 1 is 1.24 bits per heavy atom. The third-order valence-corrected chi connectivity index (χ3v) is 2.74. The number of nitrogens with one attached hydrogen (secondary N) is 1. The van der Waals surface area contributed by atoms with Gasteiger partial charge in [-0.2, -0.15) is 0 Å². The van der Waals surface area contributed by atoms with E-state index in [4.69, 9.17) is 11.6 Å². The number of nitrogens with zero attached hydrogens (tertiary/aromatic N) is 1. The van der Waals surface area contributed by atoms with E-state index in [-0.39, 0.29) is 10.3 Å². The molecule has 1 aromatic rings. The number of benzene rings is 1. The average molecular weight is 313 g/mol. The van der Waals surface area contributed by atoms with Gasteiger partial charge in [0.1, 0.15) is 0 Å². The van der Waals surface area contributed by atoms with E-state index in [0.717, 1.165) is 0 Å². The maximum atomic E-state index is 11.6. The Bertz CT molecular complexity index is 549. The SMILES string of the molecule is O=C1N=C([Se])NC(=O)/C1=C/c1ccc(Cl)cc1. The van der Waals surface area contributed by atoms with Gasteiger partial charge in [-0.15, -0.1) is 0 Å². The molecule has 85 valence electrons. The fraction of sp³-hybridized carbons (Fsp3) is 0. The molecule has 0 spiro atoms. The molecule has 0 atom stereocenters. The number of carbonyl (C=O) groups excluding carboxylic acids is 2. The number of carbonyl (C=O) groups is 2. The first-order valence-electron chi connectivity index (χ1n) is 4.65. The zero-order valence-electron chi connectivity index (χ0n) is 8.44. The molecule has 1 aliphatic rings. The van der Waals surface area contributed by atoms with Crippen molar-refractivity contribution in [1.82, 2.24) is 5.32 Å². The normalized spacial score (nSPS) is 17.9. The first-order valence-corrected chi connectivity index (χ1v) is 5.88. The first-order chi connectivity index (χ1) is 8.06. The molecule has 0 bridgehead atoms. The molecule has 2 amide bonds. The summed E-state index contributed by atoms with van der Waals surface area (Å²) in [6.07, 6.45) is 1.48. The van der Waals surface area contributed by atoms with Crippen LogP contribution in [0.25, 0.3) is 6.08 Å². The molecular formula is C11H6ClN2O2Se. The summed E-state index contributed by atoms with van der Waals surface area (Å²) >= 11 is 8.22. The quantitative estimate of drug-likeness (QED) is 0.476. The second-order valence-corrected chi connectivity index (χ2v) is 4.53. The molecular weight excluding hydrogens is 307 g/mol. The van der Waals surface area contributed by atoms with Crippen LogP contribution in [0.4, 0.5) is 0 Å². The van der Waals surface area contributed by atoms with Crippen LogP contribution in [0, 0.1) is 0 Å². The van der Waals surface area contributed by atoms with E-state index in [1.807, 2.05) is 0 Å². The number of amides is 2. The number of rotatable bonds is 1. The van der Waals surface area contributed by atoms with Crippen molar-refractivity contribution in [2.45, 2.75) is 0 Å². The summed E-state index contributed by atoms with van der Waals surface area (Å²) in [6, 6.07) is 6.79. The third kappa shape index (κ3) is 2.82. The van der Waals surface area contributed by atoms with Crippen LogP contribution < -0.4 is 5.32 Å². The Kier molecular flexibility index (Phi) is 3.43. The van der Waals surface area contributed by atoms with E-state index in [1.54, 1.807) is 24.3 Å². The van der Waals surface area contributed by atoms with Crippen LogP contribution in [0.1, 0.15) is 5.56 Å². The van der Waals surface area contributed by atoms with Crippen molar-refractivity contribution in [2.75, 3.05) is 0 Å². The molecule has 6 heteroatoms. The Morgan fingerprint density at radius 2 is 1.88 bits per heavy atom. The number of halogens is 1. The van der Waals surface area contributed by atoms with Crippen molar-refractivity contribution in [3.63, 3.8) is 0 Å². The first kappa shape index (κ1) is 12.0. The molecule has 1 N–H and O–H groups in total. The fourth-order valence-electron chi connectivity index (χ4n) is 1.29. The number of amidine groups is 1. The Morgan fingerprint density at radius 3 is 2.47 bits per heavy atom. The molecule has 2 rings (SSSR count). The van der Waals surface area contributed by atoms with Gasteiger partial charge < -0.3 is 0 Å². The van der Waals surface area contributed by atoms with Gasteiger partial charge in [0, 0.05) is 0 Å². The Hall–Kier alpha value is -1.42. The van der Waals surface area contributed by atoms with Crippen LogP contribution in [0.3, 0.4) is 0 Å². The number of hydrogen-bond donors (Lipinski definition) is 1. The standard InChI is InChI=1S/C11H6ClN2O2Se/c12-7-3-1-6(2-4-7)5-8-9(15)13-11(17)14-10(8)16/h1-5H,(H,13,14,15,16). The van der Waals surface area contributed by atoms with Crippen molar-refractivity contribution in [3.8, 4) is 0 Å². The predicted octanol–water partition coefficient (Wildman–Crippen LogP) is 0.904. The second-order valence-electron chi connectivity index (χ2n) is 3.29. The molecule has 1 heterocycles. The van der Waals surface area contributed by atoms with Crippen molar-refractivity contribution in [3.05, 3.63) is 40.4 Å². The van der Waals surface area contributed by atoms with Crippen molar-refractivity contribution in [2.24, 2.45) is 4.99 Å². The molecule has 0 saturated carbocycles. The van der Waals surface area contributed by atoms with Crippen molar-refractivity contribution < 1.29 is 9.59 Å². The summed E-state index contributed by atoms with van der Waals surface area (Å²) in [4.78, 5) is 26.7. The maximum absolute atomic E-state index is 11.6. The van der Waals surface area contributed by atoms with Gasteiger partial charge in [-0.3, -0.25) is 0 Å². The van der Waals surface area contributed by atoms with E-state index in [0.29, 0.717) is 10.6 Å². The minimum atomic E-state index is -0.558. The van der Waals surface area contributed by atoms with Gasteiger partial charge in [0.15, 0.2) is 0 Å². The summed E-state index contributed by atoms with van der Waals surface area (Å²) in [5.74, 6) is -1.02. The van der Waals surface area contributed by atoms with Gasteiger partial charge in [-0.1, -0.05) is 0 Å². The Balaban J connectivity index is 2.37. The van der Waals surface area contributed by atoms with Crippen LogP contribution in [-0.4, -0.2) is 32.6 Å². The van der Waals surface area contributed by atoms with Crippen LogP contribution >= 0.6 is 11.6 Å². The monoisotopic (exact) mass is 313 g/mol. The molecule has 0 fully saturated rings. The summed E-state index contributed by atoms with van der Waals surface area (Å²) in [7, 11) is 0. The molecule has 0 unspecified atom stereocenters. The summed E-state index contributed by atoms with van der Waals surface area (Å²) in [6.45, 7) is 0. The van der Waals surface area contributed by atoms with Gasteiger partial charge >= 0.3 is 111 Å². The van der Waals surface area contributed by atoms with Gasteiger partial charge in [0.25, 0.3) is 0 Å². The second kappa shape index (κ2) is 4.84. The molecule has 1 aliphatic heterocycles. The van der Waals surface area contributed by atoms with Gasteiger partial charge in [0.2, 0.25) is 0 Å². The topological polar surface area (TPSA) is 58.5 Å². The van der Waals surface area contributed by atoms with E-state index in [2.05, 4.69) is 26.3 Å². The zero-order valence-corrected chi connectivity index (χ0v) is 10.9.